The Hall–Kier alpha value is -4.17. The molecular weight excluding hydrogens is 430 g/mol. The summed E-state index contributed by atoms with van der Waals surface area (Å²) in [7, 11) is 3.43. The van der Waals surface area contributed by atoms with Gasteiger partial charge in [-0.3, -0.25) is 14.6 Å². The van der Waals surface area contributed by atoms with E-state index in [9.17, 15) is 9.59 Å². The van der Waals surface area contributed by atoms with Gasteiger partial charge in [0.1, 0.15) is 5.52 Å². The first-order valence-electron chi connectivity index (χ1n) is 11.0. The summed E-state index contributed by atoms with van der Waals surface area (Å²) in [5.41, 5.74) is 10.8. The maximum Gasteiger partial charge on any atom is 0.274 e. The van der Waals surface area contributed by atoms with Crippen molar-refractivity contribution in [2.24, 2.45) is 24.8 Å². The third-order valence-corrected chi connectivity index (χ3v) is 6.10. The van der Waals surface area contributed by atoms with Gasteiger partial charge in [0.15, 0.2) is 0 Å². The number of aryl methyl sites for hydroxylation is 2. The van der Waals surface area contributed by atoms with Crippen LogP contribution in [0.4, 0.5) is 0 Å². The molecule has 0 unspecified atom stereocenters. The fraction of sp³-hybridized carbons (Fsp3) is 0.192. The first kappa shape index (κ1) is 21.7. The van der Waals surface area contributed by atoms with Gasteiger partial charge < -0.3 is 24.6 Å². The van der Waals surface area contributed by atoms with E-state index >= 15 is 0 Å². The van der Waals surface area contributed by atoms with E-state index in [2.05, 4.69) is 9.98 Å². The van der Waals surface area contributed by atoms with Crippen molar-refractivity contribution >= 4 is 22.7 Å². The van der Waals surface area contributed by atoms with Crippen LogP contribution >= 0.6 is 0 Å². The number of rotatable bonds is 5. The van der Waals surface area contributed by atoms with Crippen LogP contribution in [-0.2, 0) is 18.8 Å². The Morgan fingerprint density at radius 3 is 2.47 bits per heavy atom. The fourth-order valence-electron chi connectivity index (χ4n) is 4.10. The van der Waals surface area contributed by atoms with Gasteiger partial charge in [0.05, 0.1) is 19.3 Å². The largest absolute Gasteiger partial charge is 0.404 e. The number of hydrogen-bond acceptors (Lipinski definition) is 5. The topological polar surface area (TPSA) is 107 Å². The summed E-state index contributed by atoms with van der Waals surface area (Å²) in [6.45, 7) is 1.19. The zero-order valence-electron chi connectivity index (χ0n) is 19.0. The highest BCUT2D eigenvalue weighted by atomic mass is 16.5. The second-order valence-electron chi connectivity index (χ2n) is 8.44. The molecule has 0 saturated carbocycles. The number of aliphatic imine (C=N–C) groups is 1. The Balaban J connectivity index is 1.73. The maximum absolute atomic E-state index is 13.0. The summed E-state index contributed by atoms with van der Waals surface area (Å²) >= 11 is 0. The van der Waals surface area contributed by atoms with Gasteiger partial charge in [-0.15, -0.1) is 0 Å². The zero-order chi connectivity index (χ0) is 23.8. The first-order chi connectivity index (χ1) is 16.5. The summed E-state index contributed by atoms with van der Waals surface area (Å²) in [4.78, 5) is 33.4. The molecule has 0 spiro atoms. The highest BCUT2D eigenvalue weighted by Gasteiger charge is 2.19. The second-order valence-corrected chi connectivity index (χ2v) is 8.44. The molecular formula is C26H25N5O3. The quantitative estimate of drug-likeness (QED) is 0.451. The highest BCUT2D eigenvalue weighted by Crippen LogP contribution is 2.35. The fourth-order valence-corrected chi connectivity index (χ4v) is 4.10. The van der Waals surface area contributed by atoms with Crippen molar-refractivity contribution in [3.05, 3.63) is 87.5 Å². The number of aromatic amines is 1. The number of nitrogens with zero attached hydrogens (tertiary/aromatic N) is 3. The number of hydrogen-bond donors (Lipinski definition) is 2. The van der Waals surface area contributed by atoms with Crippen LogP contribution in [0.2, 0.25) is 0 Å². The zero-order valence-corrected chi connectivity index (χ0v) is 19.0. The van der Waals surface area contributed by atoms with Gasteiger partial charge in [-0.05, 0) is 17.2 Å². The van der Waals surface area contributed by atoms with E-state index in [0.29, 0.717) is 35.4 Å². The van der Waals surface area contributed by atoms with Gasteiger partial charge >= 0.3 is 0 Å². The van der Waals surface area contributed by atoms with E-state index in [4.69, 9.17) is 10.5 Å². The SMILES string of the molecule is Cn1cc(-c2ccccc2)c(-c2cn(C)c(=O)c3[nH]c(C(C=NC4COC4)=CN)cc23)cc1=O. The summed E-state index contributed by atoms with van der Waals surface area (Å²) < 4.78 is 8.25. The van der Waals surface area contributed by atoms with Crippen LogP contribution in [-0.4, -0.2) is 39.6 Å². The Morgan fingerprint density at radius 2 is 1.79 bits per heavy atom. The molecule has 172 valence electrons. The lowest BCUT2D eigenvalue weighted by molar-refractivity contribution is 0.0136. The van der Waals surface area contributed by atoms with E-state index in [1.807, 2.05) is 42.6 Å². The molecule has 1 aromatic carbocycles. The van der Waals surface area contributed by atoms with Crippen LogP contribution in [0.5, 0.6) is 0 Å². The predicted octanol–water partition coefficient (Wildman–Crippen LogP) is 2.67. The third kappa shape index (κ3) is 3.78. The minimum absolute atomic E-state index is 0.122. The standard InChI is InChI=1S/C26H25N5O3/c1-30-12-21(16-6-4-3-5-7-16)19(9-24(30)32)22-13-31(2)26(33)25-20(22)8-23(29-25)17(10-27)11-28-18-14-34-15-18/h3-13,18,29H,14-15,27H2,1-2H3. The first-order valence-corrected chi connectivity index (χ1v) is 11.0. The highest BCUT2D eigenvalue weighted by molar-refractivity contribution is 6.11. The Labute approximate surface area is 195 Å². The molecule has 0 amide bonds. The number of nitrogens with one attached hydrogen (secondary N) is 1. The number of allylic oxidation sites excluding steroid dienone is 1. The predicted molar refractivity (Wildman–Crippen MR) is 135 cm³/mol. The number of nitrogens with two attached hydrogens (primary N) is 1. The van der Waals surface area contributed by atoms with Crippen LogP contribution in [0.1, 0.15) is 5.69 Å². The number of aromatic nitrogens is 3. The van der Waals surface area contributed by atoms with E-state index in [1.54, 1.807) is 37.1 Å². The smallest absolute Gasteiger partial charge is 0.274 e. The van der Waals surface area contributed by atoms with E-state index in [-0.39, 0.29) is 17.2 Å². The van der Waals surface area contributed by atoms with Gasteiger partial charge in [0.2, 0.25) is 0 Å². The molecule has 5 rings (SSSR count). The molecule has 8 nitrogen and oxygen atoms in total. The summed E-state index contributed by atoms with van der Waals surface area (Å²) in [6, 6.07) is 13.5. The summed E-state index contributed by atoms with van der Waals surface area (Å²) in [5.74, 6) is 0. The molecule has 1 aliphatic rings. The van der Waals surface area contributed by atoms with Crippen molar-refractivity contribution in [1.82, 2.24) is 14.1 Å². The van der Waals surface area contributed by atoms with Gasteiger partial charge in [-0.2, -0.15) is 0 Å². The average molecular weight is 456 g/mol. The molecule has 1 aliphatic heterocycles. The van der Waals surface area contributed by atoms with Crippen LogP contribution in [0.3, 0.4) is 0 Å². The number of fused-ring (bicyclic) bond motifs is 1. The summed E-state index contributed by atoms with van der Waals surface area (Å²) in [6.07, 6.45) is 6.77. The minimum atomic E-state index is -0.171. The van der Waals surface area contributed by atoms with Gasteiger partial charge in [-0.25, -0.2) is 0 Å². The number of benzene rings is 1. The molecule has 3 aromatic heterocycles. The maximum atomic E-state index is 13.0. The van der Waals surface area contributed by atoms with E-state index < -0.39 is 0 Å². The lowest BCUT2D eigenvalue weighted by Crippen LogP contribution is -2.31. The van der Waals surface area contributed by atoms with E-state index in [1.165, 1.54) is 10.8 Å². The Morgan fingerprint density at radius 1 is 1.06 bits per heavy atom. The number of ether oxygens (including phenoxy) is 1. The molecule has 1 fully saturated rings. The van der Waals surface area contributed by atoms with Crippen LogP contribution in [0.25, 0.3) is 38.7 Å². The van der Waals surface area contributed by atoms with Gasteiger partial charge in [0, 0.05) is 72.8 Å². The Bertz CT molecular complexity index is 1550. The van der Waals surface area contributed by atoms with Crippen LogP contribution < -0.4 is 16.9 Å². The Kier molecular flexibility index (Phi) is 5.51. The molecule has 0 aliphatic carbocycles. The number of pyridine rings is 2. The molecule has 1 saturated heterocycles. The molecule has 0 radical (unpaired) electrons. The third-order valence-electron chi connectivity index (χ3n) is 6.10. The molecule has 0 bridgehead atoms. The minimum Gasteiger partial charge on any atom is -0.404 e. The molecule has 0 atom stereocenters. The lowest BCUT2D eigenvalue weighted by Gasteiger charge is -2.21. The van der Waals surface area contributed by atoms with E-state index in [0.717, 1.165) is 22.3 Å². The second kappa shape index (κ2) is 8.64. The lowest BCUT2D eigenvalue weighted by atomic mass is 9.95. The van der Waals surface area contributed by atoms with Crippen molar-refractivity contribution in [2.75, 3.05) is 13.2 Å². The van der Waals surface area contributed by atoms with Crippen molar-refractivity contribution < 1.29 is 4.74 Å². The van der Waals surface area contributed by atoms with Crippen LogP contribution in [0.15, 0.2) is 75.6 Å². The molecule has 3 N–H and O–H groups in total. The van der Waals surface area contributed by atoms with Crippen molar-refractivity contribution in [3.63, 3.8) is 0 Å². The van der Waals surface area contributed by atoms with Gasteiger partial charge in [-0.1, -0.05) is 30.3 Å². The molecule has 34 heavy (non-hydrogen) atoms. The van der Waals surface area contributed by atoms with Crippen LogP contribution in [0, 0.1) is 0 Å². The van der Waals surface area contributed by atoms with Gasteiger partial charge in [0.25, 0.3) is 11.1 Å². The molecule has 4 aromatic rings. The van der Waals surface area contributed by atoms with Crippen molar-refractivity contribution in [3.8, 4) is 22.3 Å². The summed E-state index contributed by atoms with van der Waals surface area (Å²) in [5, 5.41) is 0.711. The molecule has 4 heterocycles. The normalized spacial score (nSPS) is 14.7. The van der Waals surface area contributed by atoms with Crippen molar-refractivity contribution in [2.45, 2.75) is 6.04 Å². The molecule has 8 heteroatoms. The number of H-pyrrole nitrogens is 1. The average Bonchev–Trinajstić information content (AvgIpc) is 3.25. The monoisotopic (exact) mass is 455 g/mol. The van der Waals surface area contributed by atoms with Crippen molar-refractivity contribution in [1.29, 1.82) is 0 Å².